The van der Waals surface area contributed by atoms with Crippen molar-refractivity contribution >= 4 is 10.7 Å². The van der Waals surface area contributed by atoms with Gasteiger partial charge in [0.15, 0.2) is 0 Å². The maximum Gasteiger partial charge on any atom is 0 e. The molecule has 0 aromatic rings. The normalized spacial score (nSPS) is 4.50. The largest absolute Gasteiger partial charge is 0.412 e. The minimum atomic E-state index is -2.29. The van der Waals surface area contributed by atoms with Crippen molar-refractivity contribution in [1.82, 2.24) is 0 Å². The van der Waals surface area contributed by atoms with Crippen LogP contribution in [0.3, 0.4) is 0 Å². The van der Waals surface area contributed by atoms with Gasteiger partial charge in [-0.25, -0.2) is 0 Å². The molecular formula is C3H5O2SWY-. The Balaban J connectivity index is -0.0000000267. The van der Waals surface area contributed by atoms with Gasteiger partial charge in [0.1, 0.15) is 0 Å². The minimum absolute atomic E-state index is 0. The molecule has 0 bridgehead atoms. The second-order valence-corrected chi connectivity index (χ2v) is 1.06. The molecule has 0 aromatic heterocycles. The quantitative estimate of drug-likeness (QED) is 0.455. The predicted octanol–water partition coefficient (Wildman–Crippen LogP) is 0.517. The van der Waals surface area contributed by atoms with E-state index in [2.05, 4.69) is 6.42 Å². The Kier molecular flexibility index (Phi) is 44.9. The molecule has 0 aliphatic rings. The van der Waals surface area contributed by atoms with Crippen LogP contribution in [0.15, 0.2) is 0 Å². The molecule has 0 amide bonds. The number of hydrogen-bond acceptors (Lipinski definition) is 3. The number of hydrogen-bond donors (Lipinski definition) is 0. The Bertz CT molecular complexity index is 118. The maximum absolute atomic E-state index is 9.13. The van der Waals surface area contributed by atoms with Crippen LogP contribution in [-0.2, 0) is 72.9 Å². The van der Waals surface area contributed by atoms with Crippen molar-refractivity contribution in [1.29, 1.82) is 0 Å². The summed E-state index contributed by atoms with van der Waals surface area (Å²) < 4.78 is 18.3. The molecule has 0 saturated heterocycles. The average molecular weight is 378 g/mol. The van der Waals surface area contributed by atoms with E-state index in [1.54, 1.807) is 0 Å². The van der Waals surface area contributed by atoms with E-state index >= 15 is 0 Å². The minimum Gasteiger partial charge on any atom is -0.412 e. The van der Waals surface area contributed by atoms with Gasteiger partial charge in [-0.3, -0.25) is 0 Å². The maximum atomic E-state index is 9.13. The SMILES string of the molecule is C.C#C[S-](=O)=O.[W].[Y]. The molecule has 45 valence electrons. The summed E-state index contributed by atoms with van der Waals surface area (Å²) >= 11 is 0. The summed E-state index contributed by atoms with van der Waals surface area (Å²) in [4.78, 5) is 0. The van der Waals surface area contributed by atoms with Gasteiger partial charge in [0.05, 0.1) is 0 Å². The van der Waals surface area contributed by atoms with Crippen LogP contribution in [0.4, 0.5) is 0 Å². The van der Waals surface area contributed by atoms with Crippen LogP contribution in [-0.4, -0.2) is 0 Å². The molecule has 1 radical (unpaired) electrons. The summed E-state index contributed by atoms with van der Waals surface area (Å²) in [5.41, 5.74) is 0. The second-order valence-electron chi connectivity index (χ2n) is 0.353. The van der Waals surface area contributed by atoms with Gasteiger partial charge in [-0.1, -0.05) is 7.43 Å². The first-order valence-corrected chi connectivity index (χ1v) is 1.90. The average Bonchev–Trinajstić information content (AvgIpc) is 1.38. The van der Waals surface area contributed by atoms with E-state index in [0.717, 1.165) is 0 Å². The third-order valence-corrected chi connectivity index (χ3v) is 0.289. The van der Waals surface area contributed by atoms with Crippen LogP contribution in [0.5, 0.6) is 0 Å². The van der Waals surface area contributed by atoms with Crippen molar-refractivity contribution in [3.05, 3.63) is 0 Å². The Labute approximate surface area is 90.9 Å². The van der Waals surface area contributed by atoms with Crippen LogP contribution in [0.2, 0.25) is 0 Å². The van der Waals surface area contributed by atoms with Crippen molar-refractivity contribution in [3.63, 3.8) is 0 Å². The summed E-state index contributed by atoms with van der Waals surface area (Å²) in [6.07, 6.45) is 4.31. The van der Waals surface area contributed by atoms with E-state index in [4.69, 9.17) is 8.42 Å². The summed E-state index contributed by atoms with van der Waals surface area (Å²) in [7, 11) is -2.29. The van der Waals surface area contributed by atoms with Crippen LogP contribution in [0, 0.1) is 11.7 Å². The van der Waals surface area contributed by atoms with Crippen LogP contribution < -0.4 is 0 Å². The fraction of sp³-hybridized carbons (Fsp3) is 0.333. The van der Waals surface area contributed by atoms with Crippen molar-refractivity contribution in [3.8, 4) is 11.7 Å². The van der Waals surface area contributed by atoms with Gasteiger partial charge in [-0.15, -0.1) is 6.42 Å². The molecule has 0 heterocycles. The Hall–Kier alpha value is 1.30. The molecule has 2 nitrogen and oxygen atoms in total. The summed E-state index contributed by atoms with van der Waals surface area (Å²) in [5, 5.41) is 1.44. The Morgan fingerprint density at radius 3 is 1.50 bits per heavy atom. The molecule has 0 unspecified atom stereocenters. The summed E-state index contributed by atoms with van der Waals surface area (Å²) in [6, 6.07) is 0. The van der Waals surface area contributed by atoms with E-state index in [-0.39, 0.29) is 61.2 Å². The third-order valence-electron chi connectivity index (χ3n) is 0.0962. The fourth-order valence-electron chi connectivity index (χ4n) is 0. The molecule has 0 aliphatic heterocycles. The van der Waals surface area contributed by atoms with Gasteiger partial charge in [0.25, 0.3) is 0 Å². The zero-order valence-electron chi connectivity index (χ0n) is 3.29. The van der Waals surface area contributed by atoms with E-state index < -0.39 is 10.7 Å². The van der Waals surface area contributed by atoms with Crippen LogP contribution >= 0.6 is 0 Å². The van der Waals surface area contributed by atoms with Gasteiger partial charge < -0.3 is 8.42 Å². The zero-order chi connectivity index (χ0) is 4.28. The van der Waals surface area contributed by atoms with E-state index in [1.807, 2.05) is 0 Å². The van der Waals surface area contributed by atoms with Crippen molar-refractivity contribution in [2.75, 3.05) is 0 Å². The molecule has 8 heavy (non-hydrogen) atoms. The second kappa shape index (κ2) is 15.7. The molecule has 0 aromatic carbocycles. The first-order chi connectivity index (χ1) is 2.27. The molecule has 0 aliphatic carbocycles. The van der Waals surface area contributed by atoms with E-state index in [0.29, 0.717) is 0 Å². The zero-order valence-corrected chi connectivity index (χ0v) is 9.88. The molecule has 0 N–H and O–H groups in total. The van der Waals surface area contributed by atoms with Gasteiger partial charge in [-0.05, 0) is 10.7 Å². The predicted molar refractivity (Wildman–Crippen MR) is 24.3 cm³/mol. The summed E-state index contributed by atoms with van der Waals surface area (Å²) in [5.74, 6) is 0. The molecule has 0 fully saturated rings. The topological polar surface area (TPSA) is 34.1 Å². The van der Waals surface area contributed by atoms with Crippen LogP contribution in [0.25, 0.3) is 0 Å². The fourth-order valence-corrected chi connectivity index (χ4v) is 0. The number of rotatable bonds is 0. The monoisotopic (exact) mass is 378 g/mol. The molecule has 0 spiro atoms. The van der Waals surface area contributed by atoms with Crippen molar-refractivity contribution in [2.24, 2.45) is 0 Å². The Morgan fingerprint density at radius 2 is 1.50 bits per heavy atom. The van der Waals surface area contributed by atoms with Crippen molar-refractivity contribution < 1.29 is 62.2 Å². The number of terminal acetylenes is 1. The molecule has 0 atom stereocenters. The molecule has 0 saturated carbocycles. The molecular weight excluding hydrogens is 373 g/mol. The molecule has 0 rings (SSSR count). The van der Waals surface area contributed by atoms with E-state index in [9.17, 15) is 0 Å². The van der Waals surface area contributed by atoms with Gasteiger partial charge in [-0.2, -0.15) is 5.25 Å². The molecule has 5 heteroatoms. The van der Waals surface area contributed by atoms with Gasteiger partial charge >= 0.3 is 0 Å². The first-order valence-electron chi connectivity index (χ1n) is 0.826. The smallest absolute Gasteiger partial charge is 0 e. The van der Waals surface area contributed by atoms with Crippen molar-refractivity contribution in [2.45, 2.75) is 7.43 Å². The Morgan fingerprint density at radius 1 is 1.38 bits per heavy atom. The van der Waals surface area contributed by atoms with E-state index in [1.165, 1.54) is 5.25 Å². The first kappa shape index (κ1) is 22.8. The van der Waals surface area contributed by atoms with Gasteiger partial charge in [0, 0.05) is 53.8 Å². The summed E-state index contributed by atoms with van der Waals surface area (Å²) in [6.45, 7) is 0. The van der Waals surface area contributed by atoms with Crippen LogP contribution in [0.1, 0.15) is 7.43 Å². The van der Waals surface area contributed by atoms with Gasteiger partial charge in [0.2, 0.25) is 0 Å². The third kappa shape index (κ3) is 26.6. The standard InChI is InChI=1S/C2HO2S.CH4.W.Y/c1-2-5(3)4;;;/h1H;1H4;;/q-1;;;.